The predicted molar refractivity (Wildman–Crippen MR) is 40.8 cm³/mol. The molecule has 10 heavy (non-hydrogen) atoms. The Balaban J connectivity index is 3.13. The van der Waals surface area contributed by atoms with Crippen LogP contribution in [-0.2, 0) is 0 Å². The van der Waals surface area contributed by atoms with E-state index >= 15 is 0 Å². The second kappa shape index (κ2) is 6.74. The topological polar surface area (TPSA) is 52.5 Å². The molecule has 0 fully saturated rings. The summed E-state index contributed by atoms with van der Waals surface area (Å²) >= 11 is 0. The molecule has 3 heteroatoms. The van der Waals surface area contributed by atoms with E-state index in [0.29, 0.717) is 13.1 Å². The van der Waals surface area contributed by atoms with Gasteiger partial charge in [-0.05, 0) is 6.92 Å². The molecule has 0 bridgehead atoms. The molecule has 3 N–H and O–H groups in total. The average molecular weight is 145 g/mol. The molecule has 0 aliphatic rings. The first-order valence-corrected chi connectivity index (χ1v) is 3.43. The third-order valence-corrected chi connectivity index (χ3v) is 1.06. The molecule has 0 radical (unpaired) electrons. The Morgan fingerprint density at radius 1 is 1.60 bits per heavy atom. The van der Waals surface area contributed by atoms with E-state index in [1.807, 2.05) is 6.92 Å². The van der Waals surface area contributed by atoms with E-state index in [4.69, 9.17) is 10.2 Å². The quantitative estimate of drug-likeness (QED) is 0.361. The normalized spacial score (nSPS) is 14.3. The fourth-order valence-corrected chi connectivity index (χ4v) is 0.619. The summed E-state index contributed by atoms with van der Waals surface area (Å²) in [6.07, 6.45) is 3.06. The van der Waals surface area contributed by atoms with Crippen molar-refractivity contribution in [2.45, 2.75) is 13.0 Å². The highest BCUT2D eigenvalue weighted by molar-refractivity contribution is 4.86. The molecule has 0 aliphatic carbocycles. The molecule has 1 atom stereocenters. The van der Waals surface area contributed by atoms with Gasteiger partial charge in [-0.1, -0.05) is 12.2 Å². The first-order valence-electron chi connectivity index (χ1n) is 3.43. The summed E-state index contributed by atoms with van der Waals surface area (Å²) in [6.45, 7) is 3.01. The summed E-state index contributed by atoms with van der Waals surface area (Å²) in [4.78, 5) is 0. The maximum Gasteiger partial charge on any atom is 0.0845 e. The van der Waals surface area contributed by atoms with Crippen LogP contribution >= 0.6 is 0 Å². The molecule has 0 amide bonds. The highest BCUT2D eigenvalue weighted by atomic mass is 16.3. The molecule has 0 aromatic heterocycles. The predicted octanol–water partition coefficient (Wildman–Crippen LogP) is -0.495. The summed E-state index contributed by atoms with van der Waals surface area (Å²) in [5.41, 5.74) is 0. The van der Waals surface area contributed by atoms with Crippen molar-refractivity contribution >= 4 is 0 Å². The summed E-state index contributed by atoms with van der Waals surface area (Å²) in [5, 5.41) is 20.3. The highest BCUT2D eigenvalue weighted by Gasteiger charge is 1.94. The van der Waals surface area contributed by atoms with E-state index in [1.165, 1.54) is 0 Å². The lowest BCUT2D eigenvalue weighted by Gasteiger charge is -2.04. The number of rotatable bonds is 5. The van der Waals surface area contributed by atoms with Crippen molar-refractivity contribution in [3.63, 3.8) is 0 Å². The molecule has 1 unspecified atom stereocenters. The third-order valence-electron chi connectivity index (χ3n) is 1.06. The zero-order valence-corrected chi connectivity index (χ0v) is 6.25. The van der Waals surface area contributed by atoms with Gasteiger partial charge in [0, 0.05) is 13.1 Å². The standard InChI is InChI=1S/C7H15NO2/c1-2-3-7(10)6-8-4-5-9/h2-3,7-10H,4-6H2,1H3/b3-2+. The first-order chi connectivity index (χ1) is 4.81. The van der Waals surface area contributed by atoms with Gasteiger partial charge in [0.25, 0.3) is 0 Å². The number of aliphatic hydroxyl groups excluding tert-OH is 2. The van der Waals surface area contributed by atoms with Crippen LogP contribution in [0.3, 0.4) is 0 Å². The van der Waals surface area contributed by atoms with Gasteiger partial charge in [0.05, 0.1) is 12.7 Å². The number of aliphatic hydroxyl groups is 2. The maximum atomic E-state index is 9.04. The molecule has 3 nitrogen and oxygen atoms in total. The molecule has 0 aromatic rings. The highest BCUT2D eigenvalue weighted by Crippen LogP contribution is 1.81. The molecular formula is C7H15NO2. The molecule has 0 saturated carbocycles. The van der Waals surface area contributed by atoms with E-state index in [9.17, 15) is 0 Å². The zero-order chi connectivity index (χ0) is 7.82. The van der Waals surface area contributed by atoms with E-state index in [1.54, 1.807) is 12.2 Å². The molecule has 60 valence electrons. The van der Waals surface area contributed by atoms with Crippen LogP contribution in [-0.4, -0.2) is 36.0 Å². The Morgan fingerprint density at radius 3 is 2.80 bits per heavy atom. The number of nitrogens with one attached hydrogen (secondary N) is 1. The second-order valence-corrected chi connectivity index (χ2v) is 2.02. The van der Waals surface area contributed by atoms with Crippen molar-refractivity contribution < 1.29 is 10.2 Å². The summed E-state index contributed by atoms with van der Waals surface area (Å²) in [5.74, 6) is 0. The van der Waals surface area contributed by atoms with Gasteiger partial charge in [0.15, 0.2) is 0 Å². The molecule has 0 rings (SSSR count). The van der Waals surface area contributed by atoms with Crippen LogP contribution in [0.25, 0.3) is 0 Å². The molecule has 0 aliphatic heterocycles. The van der Waals surface area contributed by atoms with Crippen LogP contribution in [0.2, 0.25) is 0 Å². The van der Waals surface area contributed by atoms with Gasteiger partial charge in [-0.2, -0.15) is 0 Å². The lowest BCUT2D eigenvalue weighted by atomic mass is 10.3. The van der Waals surface area contributed by atoms with Crippen LogP contribution in [0.4, 0.5) is 0 Å². The fourth-order valence-electron chi connectivity index (χ4n) is 0.619. The molecule has 0 aromatic carbocycles. The lowest BCUT2D eigenvalue weighted by molar-refractivity contribution is 0.211. The van der Waals surface area contributed by atoms with Gasteiger partial charge < -0.3 is 15.5 Å². The van der Waals surface area contributed by atoms with E-state index in [2.05, 4.69) is 5.32 Å². The number of hydrogen-bond donors (Lipinski definition) is 3. The van der Waals surface area contributed by atoms with Crippen molar-refractivity contribution in [1.29, 1.82) is 0 Å². The van der Waals surface area contributed by atoms with Crippen molar-refractivity contribution in [3.05, 3.63) is 12.2 Å². The summed E-state index contributed by atoms with van der Waals surface area (Å²) < 4.78 is 0. The molecular weight excluding hydrogens is 130 g/mol. The van der Waals surface area contributed by atoms with E-state index in [0.717, 1.165) is 0 Å². The Labute approximate surface area is 61.4 Å². The largest absolute Gasteiger partial charge is 0.395 e. The summed E-state index contributed by atoms with van der Waals surface area (Å²) in [7, 11) is 0. The fraction of sp³-hybridized carbons (Fsp3) is 0.714. The Kier molecular flexibility index (Phi) is 6.48. The second-order valence-electron chi connectivity index (χ2n) is 2.02. The first kappa shape index (κ1) is 9.62. The maximum absolute atomic E-state index is 9.04. The van der Waals surface area contributed by atoms with Gasteiger partial charge in [0.1, 0.15) is 0 Å². The van der Waals surface area contributed by atoms with Crippen LogP contribution in [0.1, 0.15) is 6.92 Å². The molecule has 0 heterocycles. The minimum absolute atomic E-state index is 0.114. The molecule has 0 saturated heterocycles. The van der Waals surface area contributed by atoms with Gasteiger partial charge >= 0.3 is 0 Å². The lowest BCUT2D eigenvalue weighted by Crippen LogP contribution is -2.27. The van der Waals surface area contributed by atoms with Gasteiger partial charge in [-0.25, -0.2) is 0 Å². The Morgan fingerprint density at radius 2 is 2.30 bits per heavy atom. The van der Waals surface area contributed by atoms with Crippen molar-refractivity contribution in [1.82, 2.24) is 5.32 Å². The van der Waals surface area contributed by atoms with Crippen molar-refractivity contribution in [2.24, 2.45) is 0 Å². The number of hydrogen-bond acceptors (Lipinski definition) is 3. The minimum atomic E-state index is -0.434. The van der Waals surface area contributed by atoms with Gasteiger partial charge in [-0.15, -0.1) is 0 Å². The van der Waals surface area contributed by atoms with E-state index < -0.39 is 6.10 Å². The Bertz CT molecular complexity index is 93.6. The van der Waals surface area contributed by atoms with Crippen LogP contribution in [0, 0.1) is 0 Å². The Hall–Kier alpha value is -0.380. The summed E-state index contributed by atoms with van der Waals surface area (Å²) in [6, 6.07) is 0. The third kappa shape index (κ3) is 5.75. The van der Waals surface area contributed by atoms with E-state index in [-0.39, 0.29) is 6.61 Å². The smallest absolute Gasteiger partial charge is 0.0845 e. The van der Waals surface area contributed by atoms with Crippen LogP contribution < -0.4 is 5.32 Å². The SMILES string of the molecule is C/C=C/C(O)CNCCO. The van der Waals surface area contributed by atoms with Gasteiger partial charge in [-0.3, -0.25) is 0 Å². The van der Waals surface area contributed by atoms with Crippen LogP contribution in [0.15, 0.2) is 12.2 Å². The monoisotopic (exact) mass is 145 g/mol. The minimum Gasteiger partial charge on any atom is -0.395 e. The molecule has 0 spiro atoms. The van der Waals surface area contributed by atoms with Crippen molar-refractivity contribution in [3.8, 4) is 0 Å². The van der Waals surface area contributed by atoms with Crippen molar-refractivity contribution in [2.75, 3.05) is 19.7 Å². The average Bonchev–Trinajstić information content (AvgIpc) is 1.89. The van der Waals surface area contributed by atoms with Gasteiger partial charge in [0.2, 0.25) is 0 Å². The number of allylic oxidation sites excluding steroid dienone is 1. The zero-order valence-electron chi connectivity index (χ0n) is 6.25. The van der Waals surface area contributed by atoms with Crippen LogP contribution in [0.5, 0.6) is 0 Å².